The van der Waals surface area contributed by atoms with Crippen molar-refractivity contribution in [3.63, 3.8) is 0 Å². The third-order valence-corrected chi connectivity index (χ3v) is 3.73. The Morgan fingerprint density at radius 2 is 1.96 bits per heavy atom. The number of aromatic nitrogens is 3. The molecule has 0 unspecified atom stereocenters. The zero-order valence-corrected chi connectivity index (χ0v) is 13.4. The van der Waals surface area contributed by atoms with Gasteiger partial charge >= 0.3 is 6.18 Å². The van der Waals surface area contributed by atoms with E-state index < -0.39 is 18.3 Å². The van der Waals surface area contributed by atoms with Crippen molar-refractivity contribution < 1.29 is 22.4 Å². The van der Waals surface area contributed by atoms with Gasteiger partial charge < -0.3 is 15.0 Å². The van der Waals surface area contributed by atoms with Crippen LogP contribution in [0.4, 0.5) is 13.2 Å². The minimum Gasteiger partial charge on any atom is -0.468 e. The molecule has 6 nitrogen and oxygen atoms in total. The first-order valence-electron chi connectivity index (χ1n) is 7.15. The van der Waals surface area contributed by atoms with E-state index in [4.69, 9.17) is 10.3 Å². The molecule has 0 aliphatic heterocycles. The number of nitrogens with zero attached hydrogens (tertiary/aromatic N) is 3. The van der Waals surface area contributed by atoms with Crippen molar-refractivity contribution in [1.29, 1.82) is 0 Å². The number of halogens is 4. The Hall–Kier alpha value is -1.87. The standard InChI is InChI=1S/C14H15F3N4O2.ClH/c15-14(16,17)8-22-10-4-3-9(7-19-10)11-20-12(21-23-11)13(18)5-1-2-6-13;/h3-4,7H,1-2,5-6,8,18H2;1H. The van der Waals surface area contributed by atoms with Gasteiger partial charge in [0, 0.05) is 12.3 Å². The molecule has 1 fully saturated rings. The van der Waals surface area contributed by atoms with E-state index >= 15 is 0 Å². The van der Waals surface area contributed by atoms with Gasteiger partial charge in [-0.3, -0.25) is 0 Å². The predicted molar refractivity (Wildman–Crippen MR) is 80.7 cm³/mol. The lowest BCUT2D eigenvalue weighted by Crippen LogP contribution is -2.34. The molecule has 1 aliphatic carbocycles. The van der Waals surface area contributed by atoms with Crippen molar-refractivity contribution in [1.82, 2.24) is 15.1 Å². The molecule has 3 rings (SSSR count). The molecule has 0 amide bonds. The first-order valence-corrected chi connectivity index (χ1v) is 7.15. The number of nitrogens with two attached hydrogens (primary N) is 1. The van der Waals surface area contributed by atoms with Crippen molar-refractivity contribution >= 4 is 12.4 Å². The van der Waals surface area contributed by atoms with E-state index in [1.807, 2.05) is 0 Å². The quantitative estimate of drug-likeness (QED) is 0.896. The molecule has 0 bridgehead atoms. The van der Waals surface area contributed by atoms with Gasteiger partial charge in [0.1, 0.15) is 0 Å². The molecule has 2 aromatic heterocycles. The van der Waals surface area contributed by atoms with Gasteiger partial charge in [-0.05, 0) is 18.9 Å². The Morgan fingerprint density at radius 3 is 2.54 bits per heavy atom. The molecule has 0 radical (unpaired) electrons. The summed E-state index contributed by atoms with van der Waals surface area (Å²) in [5.74, 6) is 0.547. The molecular formula is C14H16ClF3N4O2. The number of ether oxygens (including phenoxy) is 1. The van der Waals surface area contributed by atoms with Crippen LogP contribution in [-0.2, 0) is 5.54 Å². The molecule has 0 saturated heterocycles. The van der Waals surface area contributed by atoms with E-state index in [-0.39, 0.29) is 24.2 Å². The van der Waals surface area contributed by atoms with Crippen LogP contribution in [0.25, 0.3) is 11.5 Å². The van der Waals surface area contributed by atoms with Gasteiger partial charge in [0.25, 0.3) is 5.89 Å². The second-order valence-corrected chi connectivity index (χ2v) is 5.58. The summed E-state index contributed by atoms with van der Waals surface area (Å²) in [6.07, 6.45) is 0.558. The minimum absolute atomic E-state index is 0. The Morgan fingerprint density at radius 1 is 1.25 bits per heavy atom. The Labute approximate surface area is 142 Å². The monoisotopic (exact) mass is 364 g/mol. The van der Waals surface area contributed by atoms with Crippen molar-refractivity contribution in [2.45, 2.75) is 37.4 Å². The van der Waals surface area contributed by atoms with Gasteiger partial charge in [0.05, 0.1) is 11.1 Å². The zero-order chi connectivity index (χ0) is 16.5. The molecule has 2 N–H and O–H groups in total. The fourth-order valence-corrected chi connectivity index (χ4v) is 2.52. The molecule has 0 aromatic carbocycles. The number of pyridine rings is 1. The highest BCUT2D eigenvalue weighted by Gasteiger charge is 2.36. The van der Waals surface area contributed by atoms with Crippen LogP contribution >= 0.6 is 12.4 Å². The van der Waals surface area contributed by atoms with Crippen molar-refractivity contribution in [2.24, 2.45) is 5.73 Å². The smallest absolute Gasteiger partial charge is 0.422 e. The second-order valence-electron chi connectivity index (χ2n) is 5.58. The number of hydrogen-bond donors (Lipinski definition) is 1. The van der Waals surface area contributed by atoms with Crippen LogP contribution in [-0.4, -0.2) is 27.9 Å². The van der Waals surface area contributed by atoms with E-state index in [0.717, 1.165) is 25.7 Å². The van der Waals surface area contributed by atoms with E-state index in [9.17, 15) is 13.2 Å². The largest absolute Gasteiger partial charge is 0.468 e. The summed E-state index contributed by atoms with van der Waals surface area (Å²) in [5.41, 5.74) is 6.17. The van der Waals surface area contributed by atoms with Crippen LogP contribution in [0.2, 0.25) is 0 Å². The van der Waals surface area contributed by atoms with Crippen molar-refractivity contribution in [2.75, 3.05) is 6.61 Å². The van der Waals surface area contributed by atoms with E-state index in [1.54, 1.807) is 0 Å². The number of rotatable bonds is 4. The summed E-state index contributed by atoms with van der Waals surface area (Å²) < 4.78 is 45.9. The van der Waals surface area contributed by atoms with Crippen LogP contribution < -0.4 is 10.5 Å². The number of hydrogen-bond acceptors (Lipinski definition) is 6. The van der Waals surface area contributed by atoms with Gasteiger partial charge in [-0.15, -0.1) is 12.4 Å². The highest BCUT2D eigenvalue weighted by molar-refractivity contribution is 5.85. The third kappa shape index (κ3) is 4.15. The molecule has 1 saturated carbocycles. The summed E-state index contributed by atoms with van der Waals surface area (Å²) >= 11 is 0. The third-order valence-electron chi connectivity index (χ3n) is 3.73. The van der Waals surface area contributed by atoms with Gasteiger partial charge in [-0.2, -0.15) is 18.2 Å². The summed E-state index contributed by atoms with van der Waals surface area (Å²) in [5, 5.41) is 3.92. The van der Waals surface area contributed by atoms with Crippen LogP contribution in [0.15, 0.2) is 22.9 Å². The maximum absolute atomic E-state index is 12.1. The molecule has 0 atom stereocenters. The Balaban J connectivity index is 0.00000208. The van der Waals surface area contributed by atoms with Gasteiger partial charge in [0.2, 0.25) is 5.88 Å². The summed E-state index contributed by atoms with van der Waals surface area (Å²) in [6, 6.07) is 2.83. The van der Waals surface area contributed by atoms with Crippen LogP contribution in [0.5, 0.6) is 5.88 Å². The van der Waals surface area contributed by atoms with E-state index in [0.29, 0.717) is 11.4 Å². The highest BCUT2D eigenvalue weighted by Crippen LogP contribution is 2.35. The molecule has 0 spiro atoms. The summed E-state index contributed by atoms with van der Waals surface area (Å²) in [7, 11) is 0. The number of alkyl halides is 3. The average Bonchev–Trinajstić information content (AvgIpc) is 3.15. The highest BCUT2D eigenvalue weighted by atomic mass is 35.5. The molecule has 24 heavy (non-hydrogen) atoms. The van der Waals surface area contributed by atoms with E-state index in [1.165, 1.54) is 18.3 Å². The molecular weight excluding hydrogens is 349 g/mol. The average molecular weight is 365 g/mol. The molecule has 2 heterocycles. The van der Waals surface area contributed by atoms with Crippen LogP contribution in [0, 0.1) is 0 Å². The SMILES string of the molecule is Cl.NC1(c2noc(-c3ccc(OCC(F)(F)F)nc3)n2)CCCC1. The first-order chi connectivity index (χ1) is 10.9. The lowest BCUT2D eigenvalue weighted by atomic mass is 9.99. The summed E-state index contributed by atoms with van der Waals surface area (Å²) in [6.45, 7) is -1.39. The first kappa shape index (κ1) is 18.5. The fourth-order valence-electron chi connectivity index (χ4n) is 2.52. The van der Waals surface area contributed by atoms with Crippen LogP contribution in [0.3, 0.4) is 0 Å². The van der Waals surface area contributed by atoms with Gasteiger partial charge in [-0.1, -0.05) is 18.0 Å². The maximum Gasteiger partial charge on any atom is 0.422 e. The van der Waals surface area contributed by atoms with Crippen molar-refractivity contribution in [3.05, 3.63) is 24.2 Å². The molecule has 132 valence electrons. The van der Waals surface area contributed by atoms with Gasteiger partial charge in [-0.25, -0.2) is 4.98 Å². The predicted octanol–water partition coefficient (Wildman–Crippen LogP) is 3.22. The maximum atomic E-state index is 12.1. The molecule has 1 aliphatic rings. The zero-order valence-electron chi connectivity index (χ0n) is 12.5. The summed E-state index contributed by atoms with van der Waals surface area (Å²) in [4.78, 5) is 8.09. The van der Waals surface area contributed by atoms with Gasteiger partial charge in [0.15, 0.2) is 12.4 Å². The minimum atomic E-state index is -4.40. The normalized spacial score (nSPS) is 16.7. The van der Waals surface area contributed by atoms with Crippen LogP contribution in [0.1, 0.15) is 31.5 Å². The Kier molecular flexibility index (Phi) is 5.34. The lowest BCUT2D eigenvalue weighted by molar-refractivity contribution is -0.154. The lowest BCUT2D eigenvalue weighted by Gasteiger charge is -2.17. The Bertz CT molecular complexity index is 669. The molecule has 10 heteroatoms. The molecule has 2 aromatic rings. The fraction of sp³-hybridized carbons (Fsp3) is 0.500. The van der Waals surface area contributed by atoms with Crippen molar-refractivity contribution in [3.8, 4) is 17.3 Å². The second kappa shape index (κ2) is 6.94. The topological polar surface area (TPSA) is 87.1 Å². The van der Waals surface area contributed by atoms with E-state index in [2.05, 4.69) is 19.9 Å².